The Morgan fingerprint density at radius 3 is 2.69 bits per heavy atom. The molecule has 29 heavy (non-hydrogen) atoms. The lowest BCUT2D eigenvalue weighted by Crippen LogP contribution is -2.32. The largest absolute Gasteiger partial charge is 0.368 e. The average molecular weight is 434 g/mol. The first-order valence-electron chi connectivity index (χ1n) is 9.42. The smallest absolute Gasteiger partial charge is 0.237 e. The third-order valence-corrected chi connectivity index (χ3v) is 7.94. The van der Waals surface area contributed by atoms with Gasteiger partial charge in [0.05, 0.1) is 5.69 Å². The van der Waals surface area contributed by atoms with E-state index in [1.807, 2.05) is 29.0 Å². The average Bonchev–Trinajstić information content (AvgIpc) is 3.28. The fourth-order valence-corrected chi connectivity index (χ4v) is 5.78. The van der Waals surface area contributed by atoms with E-state index in [2.05, 4.69) is 20.6 Å². The van der Waals surface area contributed by atoms with Crippen molar-refractivity contribution in [3.8, 4) is 0 Å². The van der Waals surface area contributed by atoms with Crippen LogP contribution in [0.25, 0.3) is 10.9 Å². The predicted molar refractivity (Wildman–Crippen MR) is 111 cm³/mol. The Labute approximate surface area is 173 Å². The molecule has 1 aromatic carbocycles. The van der Waals surface area contributed by atoms with Crippen molar-refractivity contribution in [2.45, 2.75) is 36.1 Å². The lowest BCUT2D eigenvalue weighted by molar-refractivity contribution is -0.118. The van der Waals surface area contributed by atoms with Gasteiger partial charge in [-0.2, -0.15) is 0 Å². The molecule has 2 aromatic heterocycles. The number of sulfone groups is 1. The second-order valence-electron chi connectivity index (χ2n) is 7.53. The number of nitrogens with zero attached hydrogens (tertiary/aromatic N) is 4. The number of fused-ring (bicyclic) bond motifs is 1. The number of rotatable bonds is 6. The number of hydrogen-bond donors (Lipinski definition) is 1. The van der Waals surface area contributed by atoms with Crippen molar-refractivity contribution in [2.75, 3.05) is 19.3 Å². The lowest BCUT2D eigenvalue weighted by atomic mass is 9.94. The summed E-state index contributed by atoms with van der Waals surface area (Å²) in [5, 5.41) is 5.23. The standard InChI is InChI=1S/C19H23N5O3S2/c1-29(26,27)19-18(21-22-28-19)13-6-8-23(9-7-13)10-14-11-24(12-17(20)25)16-5-3-2-4-15(14)16/h2-5,11,13H,6-10,12H2,1H3,(H2,20,25). The van der Waals surface area contributed by atoms with Crippen LogP contribution in [0.5, 0.6) is 0 Å². The molecule has 0 aliphatic carbocycles. The fraction of sp³-hybridized carbons (Fsp3) is 0.421. The lowest BCUT2D eigenvalue weighted by Gasteiger charge is -2.31. The summed E-state index contributed by atoms with van der Waals surface area (Å²) in [6.45, 7) is 2.63. The number of likely N-dealkylation sites (tertiary alicyclic amines) is 1. The molecule has 1 aliphatic rings. The van der Waals surface area contributed by atoms with Crippen LogP contribution in [0.2, 0.25) is 0 Å². The highest BCUT2D eigenvalue weighted by atomic mass is 32.2. The van der Waals surface area contributed by atoms with Crippen molar-refractivity contribution >= 4 is 38.2 Å². The number of benzene rings is 1. The number of hydrogen-bond acceptors (Lipinski definition) is 7. The van der Waals surface area contributed by atoms with Crippen molar-refractivity contribution in [3.05, 3.63) is 41.7 Å². The van der Waals surface area contributed by atoms with Crippen LogP contribution < -0.4 is 5.73 Å². The fourth-order valence-electron chi connectivity index (χ4n) is 4.05. The number of primary amides is 1. The van der Waals surface area contributed by atoms with Gasteiger partial charge in [-0.15, -0.1) is 5.10 Å². The maximum atomic E-state index is 12.0. The summed E-state index contributed by atoms with van der Waals surface area (Å²) in [4.78, 5) is 13.8. The van der Waals surface area contributed by atoms with Gasteiger partial charge in [-0.05, 0) is 37.6 Å². The van der Waals surface area contributed by atoms with Crippen LogP contribution in [-0.4, -0.2) is 52.7 Å². The van der Waals surface area contributed by atoms with Crippen molar-refractivity contribution < 1.29 is 13.2 Å². The van der Waals surface area contributed by atoms with E-state index in [9.17, 15) is 13.2 Å². The molecule has 0 atom stereocenters. The Morgan fingerprint density at radius 2 is 2.00 bits per heavy atom. The van der Waals surface area contributed by atoms with Crippen molar-refractivity contribution in [2.24, 2.45) is 5.73 Å². The molecule has 3 aromatic rings. The highest BCUT2D eigenvalue weighted by molar-refractivity contribution is 7.92. The molecule has 0 unspecified atom stereocenters. The molecular formula is C19H23N5O3S2. The van der Waals surface area contributed by atoms with E-state index < -0.39 is 9.84 Å². The summed E-state index contributed by atoms with van der Waals surface area (Å²) in [5.74, 6) is -0.248. The van der Waals surface area contributed by atoms with E-state index in [1.165, 1.54) is 6.26 Å². The van der Waals surface area contributed by atoms with Gasteiger partial charge in [0.25, 0.3) is 0 Å². The monoisotopic (exact) mass is 433 g/mol. The Bertz CT molecular complexity index is 1140. The molecule has 1 amide bonds. The van der Waals surface area contributed by atoms with E-state index >= 15 is 0 Å². The highest BCUT2D eigenvalue weighted by Crippen LogP contribution is 2.33. The van der Waals surface area contributed by atoms with Crippen molar-refractivity contribution in [1.82, 2.24) is 19.1 Å². The SMILES string of the molecule is CS(=O)(=O)c1snnc1C1CCN(Cc2cn(CC(N)=O)c3ccccc23)CC1. The van der Waals surface area contributed by atoms with Gasteiger partial charge >= 0.3 is 0 Å². The second kappa shape index (κ2) is 7.85. The number of para-hydroxylation sites is 1. The number of piperidine rings is 1. The molecule has 4 rings (SSSR count). The Morgan fingerprint density at radius 1 is 1.28 bits per heavy atom. The minimum Gasteiger partial charge on any atom is -0.368 e. The van der Waals surface area contributed by atoms with Gasteiger partial charge in [-0.3, -0.25) is 9.69 Å². The maximum absolute atomic E-state index is 12.0. The van der Waals surface area contributed by atoms with E-state index in [0.717, 1.165) is 60.5 Å². The zero-order chi connectivity index (χ0) is 20.6. The van der Waals surface area contributed by atoms with E-state index in [1.54, 1.807) is 0 Å². The maximum Gasteiger partial charge on any atom is 0.237 e. The van der Waals surface area contributed by atoms with Gasteiger partial charge in [0.2, 0.25) is 5.91 Å². The molecule has 0 saturated carbocycles. The van der Waals surface area contributed by atoms with Crippen LogP contribution >= 0.6 is 11.5 Å². The quantitative estimate of drug-likeness (QED) is 0.634. The summed E-state index contributed by atoms with van der Waals surface area (Å²) in [6.07, 6.45) is 4.90. The molecule has 0 bridgehead atoms. The van der Waals surface area contributed by atoms with Gasteiger partial charge in [0.15, 0.2) is 14.0 Å². The third-order valence-electron chi connectivity index (χ3n) is 5.38. The molecule has 0 radical (unpaired) electrons. The first-order chi connectivity index (χ1) is 13.8. The zero-order valence-electron chi connectivity index (χ0n) is 16.1. The summed E-state index contributed by atoms with van der Waals surface area (Å²) < 4.78 is 30.0. The summed E-state index contributed by atoms with van der Waals surface area (Å²) in [7, 11) is -3.29. The molecule has 2 N–H and O–H groups in total. The number of carbonyl (C=O) groups excluding carboxylic acids is 1. The first-order valence-corrected chi connectivity index (χ1v) is 12.1. The molecule has 8 nitrogen and oxygen atoms in total. The number of nitrogens with two attached hydrogens (primary N) is 1. The Kier molecular flexibility index (Phi) is 5.41. The number of carbonyl (C=O) groups is 1. The number of amides is 1. The van der Waals surface area contributed by atoms with Crippen LogP contribution in [0.15, 0.2) is 34.7 Å². The van der Waals surface area contributed by atoms with Gasteiger partial charge < -0.3 is 10.3 Å². The van der Waals surface area contributed by atoms with E-state index in [-0.39, 0.29) is 18.4 Å². The van der Waals surface area contributed by atoms with Gasteiger partial charge in [0.1, 0.15) is 6.54 Å². The van der Waals surface area contributed by atoms with Crippen molar-refractivity contribution in [1.29, 1.82) is 0 Å². The molecule has 1 fully saturated rings. The predicted octanol–water partition coefficient (Wildman–Crippen LogP) is 1.76. The summed E-state index contributed by atoms with van der Waals surface area (Å²) in [6, 6.07) is 8.01. The molecular weight excluding hydrogens is 410 g/mol. The molecule has 1 saturated heterocycles. The van der Waals surface area contributed by atoms with Gasteiger partial charge in [-0.25, -0.2) is 8.42 Å². The molecule has 0 spiro atoms. The molecule has 1 aliphatic heterocycles. The summed E-state index contributed by atoms with van der Waals surface area (Å²) in [5.41, 5.74) is 8.17. The zero-order valence-corrected chi connectivity index (χ0v) is 17.7. The minimum atomic E-state index is -3.29. The highest BCUT2D eigenvalue weighted by Gasteiger charge is 2.29. The Hall–Kier alpha value is -2.30. The van der Waals surface area contributed by atoms with Gasteiger partial charge in [0, 0.05) is 47.4 Å². The number of aromatic nitrogens is 3. The Balaban J connectivity index is 1.48. The van der Waals surface area contributed by atoms with Crippen LogP contribution in [0.4, 0.5) is 0 Å². The van der Waals surface area contributed by atoms with Crippen LogP contribution in [0.3, 0.4) is 0 Å². The topological polar surface area (TPSA) is 111 Å². The van der Waals surface area contributed by atoms with Crippen LogP contribution in [-0.2, 0) is 27.7 Å². The van der Waals surface area contributed by atoms with Crippen LogP contribution in [0, 0.1) is 0 Å². The van der Waals surface area contributed by atoms with Gasteiger partial charge in [-0.1, -0.05) is 22.7 Å². The molecule has 3 heterocycles. The minimum absolute atomic E-state index is 0.117. The van der Waals surface area contributed by atoms with Crippen LogP contribution in [0.1, 0.15) is 30.0 Å². The summed E-state index contributed by atoms with van der Waals surface area (Å²) >= 11 is 0.959. The van der Waals surface area contributed by atoms with Crippen molar-refractivity contribution in [3.63, 3.8) is 0 Å². The molecule has 10 heteroatoms. The first kappa shape index (κ1) is 20.0. The molecule has 154 valence electrons. The second-order valence-corrected chi connectivity index (χ2v) is 10.5. The van der Waals surface area contributed by atoms with E-state index in [0.29, 0.717) is 9.90 Å². The third kappa shape index (κ3) is 4.19. The van der Waals surface area contributed by atoms with E-state index in [4.69, 9.17) is 5.73 Å². The normalized spacial score (nSPS) is 16.4.